The molecule has 0 bridgehead atoms. The summed E-state index contributed by atoms with van der Waals surface area (Å²) in [7, 11) is 2.27. The van der Waals surface area contributed by atoms with Gasteiger partial charge < -0.3 is 10.2 Å². The Balaban J connectivity index is 1.93. The Labute approximate surface area is 118 Å². The molecule has 2 heterocycles. The van der Waals surface area contributed by atoms with Crippen molar-refractivity contribution in [2.45, 2.75) is 18.8 Å². The number of nitrogens with one attached hydrogen (secondary N) is 1. The van der Waals surface area contributed by atoms with E-state index in [0.717, 1.165) is 0 Å². The molecule has 18 heavy (non-hydrogen) atoms. The number of likely N-dealkylation sites (N-methyl/N-ethyl adjacent to an activating group) is 1. The van der Waals surface area contributed by atoms with E-state index in [1.807, 2.05) is 0 Å². The molecular formula is C15H21BrN2. The summed E-state index contributed by atoms with van der Waals surface area (Å²) in [6, 6.07) is 8.91. The number of hydrogen-bond donors (Lipinski definition) is 1. The molecule has 3 rings (SSSR count). The summed E-state index contributed by atoms with van der Waals surface area (Å²) in [5, 5.41) is 3.51. The van der Waals surface area contributed by atoms with Crippen LogP contribution in [0.4, 0.5) is 0 Å². The van der Waals surface area contributed by atoms with E-state index < -0.39 is 0 Å². The number of likely N-dealkylation sites (tertiary alicyclic amines) is 1. The fraction of sp³-hybridized carbons (Fsp3) is 0.600. The Kier molecular flexibility index (Phi) is 3.48. The Hall–Kier alpha value is -0.380. The van der Waals surface area contributed by atoms with Gasteiger partial charge in [0.05, 0.1) is 0 Å². The van der Waals surface area contributed by atoms with Gasteiger partial charge in [0.25, 0.3) is 0 Å². The maximum atomic E-state index is 3.61. The van der Waals surface area contributed by atoms with Crippen LogP contribution in [0, 0.1) is 5.41 Å². The van der Waals surface area contributed by atoms with Gasteiger partial charge in [0.15, 0.2) is 0 Å². The van der Waals surface area contributed by atoms with Gasteiger partial charge in [-0.25, -0.2) is 0 Å². The van der Waals surface area contributed by atoms with Gasteiger partial charge in [0.2, 0.25) is 0 Å². The summed E-state index contributed by atoms with van der Waals surface area (Å²) in [5.74, 6) is 0.696. The van der Waals surface area contributed by atoms with E-state index in [0.29, 0.717) is 11.3 Å². The molecule has 2 aliphatic heterocycles. The Morgan fingerprint density at radius 3 is 2.83 bits per heavy atom. The van der Waals surface area contributed by atoms with E-state index in [9.17, 15) is 0 Å². The number of benzene rings is 1. The van der Waals surface area contributed by atoms with Crippen LogP contribution in [0.5, 0.6) is 0 Å². The fourth-order valence-electron chi connectivity index (χ4n) is 3.83. The zero-order valence-electron chi connectivity index (χ0n) is 11.0. The smallest absolute Gasteiger partial charge is 0.0178 e. The average Bonchev–Trinajstić information content (AvgIpc) is 2.67. The SMILES string of the molecule is CN1CC(c2cccc(Br)c2)C2(CCNCC2)C1. The molecule has 1 unspecified atom stereocenters. The number of rotatable bonds is 1. The van der Waals surface area contributed by atoms with Gasteiger partial charge in [0.1, 0.15) is 0 Å². The first kappa shape index (κ1) is 12.6. The minimum absolute atomic E-state index is 0.501. The predicted octanol–water partition coefficient (Wildman–Crippen LogP) is 2.85. The first-order valence-electron chi connectivity index (χ1n) is 6.84. The average molecular weight is 309 g/mol. The van der Waals surface area contributed by atoms with Crippen LogP contribution in [0.25, 0.3) is 0 Å². The maximum absolute atomic E-state index is 3.61. The second kappa shape index (κ2) is 4.95. The Bertz CT molecular complexity index is 426. The molecule has 0 aromatic heterocycles. The highest BCUT2D eigenvalue weighted by Gasteiger charge is 2.46. The van der Waals surface area contributed by atoms with E-state index in [1.165, 1.54) is 49.1 Å². The monoisotopic (exact) mass is 308 g/mol. The van der Waals surface area contributed by atoms with Gasteiger partial charge in [-0.3, -0.25) is 0 Å². The zero-order valence-corrected chi connectivity index (χ0v) is 12.5. The van der Waals surface area contributed by atoms with Gasteiger partial charge in [-0.15, -0.1) is 0 Å². The summed E-state index contributed by atoms with van der Waals surface area (Å²) < 4.78 is 1.21. The van der Waals surface area contributed by atoms with Gasteiger partial charge in [-0.1, -0.05) is 28.1 Å². The minimum atomic E-state index is 0.501. The molecule has 2 fully saturated rings. The van der Waals surface area contributed by atoms with Crippen LogP contribution in [0.3, 0.4) is 0 Å². The predicted molar refractivity (Wildman–Crippen MR) is 78.9 cm³/mol. The number of halogens is 1. The number of nitrogens with zero attached hydrogens (tertiary/aromatic N) is 1. The van der Waals surface area contributed by atoms with Crippen molar-refractivity contribution < 1.29 is 0 Å². The topological polar surface area (TPSA) is 15.3 Å². The molecule has 1 aromatic rings. The molecule has 1 aromatic carbocycles. The lowest BCUT2D eigenvalue weighted by Gasteiger charge is -2.39. The van der Waals surface area contributed by atoms with E-state index in [-0.39, 0.29) is 0 Å². The summed E-state index contributed by atoms with van der Waals surface area (Å²) in [6.45, 7) is 4.82. The third-order valence-corrected chi connectivity index (χ3v) is 5.16. The molecule has 2 saturated heterocycles. The van der Waals surface area contributed by atoms with Gasteiger partial charge in [0, 0.05) is 23.5 Å². The van der Waals surface area contributed by atoms with Crippen molar-refractivity contribution in [3.05, 3.63) is 34.3 Å². The first-order valence-corrected chi connectivity index (χ1v) is 7.64. The standard InChI is InChI=1S/C15H21BrN2/c1-18-10-14(12-3-2-4-13(16)9-12)15(11-18)5-7-17-8-6-15/h2-4,9,14,17H,5-8,10-11H2,1H3. The molecule has 2 nitrogen and oxygen atoms in total. The van der Waals surface area contributed by atoms with E-state index in [4.69, 9.17) is 0 Å². The second-order valence-electron chi connectivity index (χ2n) is 5.92. The van der Waals surface area contributed by atoms with Crippen LogP contribution in [0.1, 0.15) is 24.3 Å². The van der Waals surface area contributed by atoms with E-state index >= 15 is 0 Å². The normalized spacial score (nSPS) is 27.8. The van der Waals surface area contributed by atoms with E-state index in [2.05, 4.69) is 57.5 Å². The van der Waals surface area contributed by atoms with Crippen LogP contribution >= 0.6 is 15.9 Å². The summed E-state index contributed by atoms with van der Waals surface area (Å²) in [5.41, 5.74) is 2.01. The van der Waals surface area contributed by atoms with Crippen LogP contribution in [-0.4, -0.2) is 38.1 Å². The van der Waals surface area contributed by atoms with Crippen molar-refractivity contribution in [2.75, 3.05) is 33.2 Å². The third kappa shape index (κ3) is 2.24. The van der Waals surface area contributed by atoms with Gasteiger partial charge in [-0.05, 0) is 56.1 Å². The van der Waals surface area contributed by atoms with Crippen LogP contribution in [0.2, 0.25) is 0 Å². The third-order valence-electron chi connectivity index (χ3n) is 4.67. The Morgan fingerprint density at radius 1 is 1.33 bits per heavy atom. The molecule has 2 aliphatic rings. The van der Waals surface area contributed by atoms with Crippen molar-refractivity contribution in [3.63, 3.8) is 0 Å². The van der Waals surface area contributed by atoms with Crippen molar-refractivity contribution in [1.82, 2.24) is 10.2 Å². The molecule has 3 heteroatoms. The van der Waals surface area contributed by atoms with Gasteiger partial charge in [-0.2, -0.15) is 0 Å². The summed E-state index contributed by atoms with van der Waals surface area (Å²) in [6.07, 6.45) is 2.63. The number of hydrogen-bond acceptors (Lipinski definition) is 2. The Morgan fingerprint density at radius 2 is 2.11 bits per heavy atom. The van der Waals surface area contributed by atoms with Gasteiger partial charge >= 0.3 is 0 Å². The highest BCUT2D eigenvalue weighted by atomic mass is 79.9. The molecule has 1 N–H and O–H groups in total. The lowest BCUT2D eigenvalue weighted by molar-refractivity contribution is 0.187. The molecule has 1 atom stereocenters. The summed E-state index contributed by atoms with van der Waals surface area (Å²) >= 11 is 3.61. The van der Waals surface area contributed by atoms with Crippen molar-refractivity contribution in [3.8, 4) is 0 Å². The van der Waals surface area contributed by atoms with Crippen LogP contribution in [0.15, 0.2) is 28.7 Å². The van der Waals surface area contributed by atoms with Crippen molar-refractivity contribution in [2.24, 2.45) is 5.41 Å². The lowest BCUT2D eigenvalue weighted by atomic mass is 9.69. The lowest BCUT2D eigenvalue weighted by Crippen LogP contribution is -2.41. The number of piperidine rings is 1. The second-order valence-corrected chi connectivity index (χ2v) is 6.83. The highest BCUT2D eigenvalue weighted by Crippen LogP contribution is 2.48. The molecule has 0 radical (unpaired) electrons. The largest absolute Gasteiger partial charge is 0.317 e. The first-order chi connectivity index (χ1) is 8.70. The molecule has 98 valence electrons. The van der Waals surface area contributed by atoms with Crippen LogP contribution in [-0.2, 0) is 0 Å². The molecule has 0 amide bonds. The van der Waals surface area contributed by atoms with Crippen LogP contribution < -0.4 is 5.32 Å². The molecule has 1 spiro atoms. The molecular weight excluding hydrogens is 288 g/mol. The van der Waals surface area contributed by atoms with Crippen molar-refractivity contribution >= 4 is 15.9 Å². The highest BCUT2D eigenvalue weighted by molar-refractivity contribution is 9.10. The maximum Gasteiger partial charge on any atom is 0.0178 e. The quantitative estimate of drug-likeness (QED) is 0.858. The zero-order chi connectivity index (χ0) is 12.6. The van der Waals surface area contributed by atoms with Crippen molar-refractivity contribution in [1.29, 1.82) is 0 Å². The fourth-order valence-corrected chi connectivity index (χ4v) is 4.25. The van der Waals surface area contributed by atoms with E-state index in [1.54, 1.807) is 0 Å². The molecule has 0 saturated carbocycles. The molecule has 0 aliphatic carbocycles. The minimum Gasteiger partial charge on any atom is -0.317 e. The summed E-state index contributed by atoms with van der Waals surface area (Å²) in [4.78, 5) is 2.51.